The minimum atomic E-state index is 0.512. The highest BCUT2D eigenvalue weighted by Crippen LogP contribution is 2.25. The lowest BCUT2D eigenvalue weighted by molar-refractivity contribution is 0.261. The predicted molar refractivity (Wildman–Crippen MR) is 113 cm³/mol. The van der Waals surface area contributed by atoms with E-state index in [0.29, 0.717) is 18.4 Å². The number of hydrogen-bond acceptors (Lipinski definition) is 6. The number of likely N-dealkylation sites (N-methyl/N-ethyl adjacent to an activating group) is 1. The Balaban J connectivity index is 1.64. The summed E-state index contributed by atoms with van der Waals surface area (Å²) < 4.78 is 6.50. The number of para-hydroxylation sites is 1. The zero-order valence-corrected chi connectivity index (χ0v) is 16.9. The number of benzene rings is 2. The van der Waals surface area contributed by atoms with E-state index in [4.69, 9.17) is 4.74 Å². The number of halogens is 1. The van der Waals surface area contributed by atoms with Gasteiger partial charge in [-0.15, -0.1) is 0 Å². The van der Waals surface area contributed by atoms with Crippen molar-refractivity contribution in [2.24, 2.45) is 0 Å². The summed E-state index contributed by atoms with van der Waals surface area (Å²) in [5.74, 6) is 2.05. The highest BCUT2D eigenvalue weighted by Gasteiger charge is 2.06. The standard InChI is InChI=1S/C20H22BrN5O/c1-26(2)12-13-27-17-10-8-16(9-11-17)24-20-22-14-18(21)19(25-20)23-15-6-4-3-5-7-15/h3-11,14H,12-13H2,1-2H3,(H2,22,23,24,25). The predicted octanol–water partition coefficient (Wildman–Crippen LogP) is 4.67. The van der Waals surface area contributed by atoms with Crippen LogP contribution in [0.4, 0.5) is 23.1 Å². The fraction of sp³-hybridized carbons (Fsp3) is 0.200. The third kappa shape index (κ3) is 5.94. The number of rotatable bonds is 8. The Morgan fingerprint density at radius 3 is 2.37 bits per heavy atom. The Hall–Kier alpha value is -2.64. The molecule has 2 aromatic carbocycles. The van der Waals surface area contributed by atoms with E-state index in [0.717, 1.165) is 28.1 Å². The molecule has 27 heavy (non-hydrogen) atoms. The fourth-order valence-corrected chi connectivity index (χ4v) is 2.57. The molecule has 1 heterocycles. The molecule has 0 unspecified atom stereocenters. The van der Waals surface area contributed by atoms with Gasteiger partial charge >= 0.3 is 0 Å². The van der Waals surface area contributed by atoms with Gasteiger partial charge in [0.15, 0.2) is 0 Å². The van der Waals surface area contributed by atoms with Crippen molar-refractivity contribution in [3.63, 3.8) is 0 Å². The van der Waals surface area contributed by atoms with Gasteiger partial charge in [-0.1, -0.05) is 18.2 Å². The Bertz CT molecular complexity index is 856. The molecule has 0 spiro atoms. The van der Waals surface area contributed by atoms with Crippen molar-refractivity contribution in [3.05, 3.63) is 65.3 Å². The second-order valence-corrected chi connectivity index (χ2v) is 7.04. The van der Waals surface area contributed by atoms with Crippen LogP contribution in [-0.2, 0) is 0 Å². The summed E-state index contributed by atoms with van der Waals surface area (Å²) in [5, 5.41) is 6.49. The normalized spacial score (nSPS) is 10.7. The van der Waals surface area contributed by atoms with Gasteiger partial charge in [0.1, 0.15) is 18.2 Å². The van der Waals surface area contributed by atoms with Gasteiger partial charge in [0.25, 0.3) is 0 Å². The quantitative estimate of drug-likeness (QED) is 0.544. The van der Waals surface area contributed by atoms with E-state index in [1.54, 1.807) is 6.20 Å². The number of hydrogen-bond donors (Lipinski definition) is 2. The summed E-state index contributed by atoms with van der Waals surface area (Å²) in [4.78, 5) is 10.9. The van der Waals surface area contributed by atoms with Crippen molar-refractivity contribution in [3.8, 4) is 5.75 Å². The van der Waals surface area contributed by atoms with Crippen LogP contribution in [-0.4, -0.2) is 42.1 Å². The summed E-state index contributed by atoms with van der Waals surface area (Å²) in [6.45, 7) is 1.54. The van der Waals surface area contributed by atoms with Crippen molar-refractivity contribution < 1.29 is 4.74 Å². The third-order valence-electron chi connectivity index (χ3n) is 3.70. The van der Waals surface area contributed by atoms with E-state index in [1.165, 1.54) is 0 Å². The molecule has 1 aromatic heterocycles. The van der Waals surface area contributed by atoms with Crippen LogP contribution < -0.4 is 15.4 Å². The molecule has 0 saturated heterocycles. The lowest BCUT2D eigenvalue weighted by Gasteiger charge is -2.12. The Morgan fingerprint density at radius 1 is 0.963 bits per heavy atom. The van der Waals surface area contributed by atoms with Crippen LogP contribution in [0.1, 0.15) is 0 Å². The fourth-order valence-electron chi connectivity index (χ4n) is 2.28. The highest BCUT2D eigenvalue weighted by molar-refractivity contribution is 9.10. The number of ether oxygens (including phenoxy) is 1. The summed E-state index contributed by atoms with van der Waals surface area (Å²) in [5.41, 5.74) is 1.85. The molecule has 3 aromatic rings. The number of anilines is 4. The van der Waals surface area contributed by atoms with Gasteiger partial charge in [0.05, 0.1) is 4.47 Å². The molecule has 0 radical (unpaired) electrons. The first kappa shape index (κ1) is 19.1. The van der Waals surface area contributed by atoms with E-state index in [2.05, 4.69) is 41.4 Å². The van der Waals surface area contributed by atoms with Gasteiger partial charge in [-0.2, -0.15) is 4.98 Å². The smallest absolute Gasteiger partial charge is 0.229 e. The molecule has 140 valence electrons. The average Bonchev–Trinajstić information content (AvgIpc) is 2.66. The van der Waals surface area contributed by atoms with Gasteiger partial charge in [-0.3, -0.25) is 0 Å². The first-order chi connectivity index (χ1) is 13.1. The van der Waals surface area contributed by atoms with Crippen molar-refractivity contribution >= 4 is 39.1 Å². The maximum Gasteiger partial charge on any atom is 0.229 e. The minimum Gasteiger partial charge on any atom is -0.492 e. The second kappa shape index (κ2) is 9.34. The lowest BCUT2D eigenvalue weighted by Crippen LogP contribution is -2.19. The van der Waals surface area contributed by atoms with Gasteiger partial charge < -0.3 is 20.3 Å². The molecule has 0 aliphatic rings. The van der Waals surface area contributed by atoms with Gasteiger partial charge in [-0.25, -0.2) is 4.98 Å². The molecule has 0 aliphatic carbocycles. The first-order valence-corrected chi connectivity index (χ1v) is 9.39. The largest absolute Gasteiger partial charge is 0.492 e. The average molecular weight is 428 g/mol. The van der Waals surface area contributed by atoms with Crippen molar-refractivity contribution in [1.82, 2.24) is 14.9 Å². The molecular weight excluding hydrogens is 406 g/mol. The molecule has 3 rings (SSSR count). The highest BCUT2D eigenvalue weighted by atomic mass is 79.9. The molecule has 0 bridgehead atoms. The molecule has 0 amide bonds. The summed E-state index contributed by atoms with van der Waals surface area (Å²) in [6, 6.07) is 17.6. The van der Waals surface area contributed by atoms with Crippen molar-refractivity contribution in [2.75, 3.05) is 37.9 Å². The van der Waals surface area contributed by atoms with Gasteiger partial charge in [0.2, 0.25) is 5.95 Å². The van der Waals surface area contributed by atoms with Crippen LogP contribution in [0.3, 0.4) is 0 Å². The second-order valence-electron chi connectivity index (χ2n) is 6.18. The van der Waals surface area contributed by atoms with E-state index >= 15 is 0 Å². The Labute approximate surface area is 167 Å². The van der Waals surface area contributed by atoms with Crippen LogP contribution >= 0.6 is 15.9 Å². The van der Waals surface area contributed by atoms with Gasteiger partial charge in [-0.05, 0) is 66.4 Å². The SMILES string of the molecule is CN(C)CCOc1ccc(Nc2ncc(Br)c(Nc3ccccc3)n2)cc1. The molecule has 7 heteroatoms. The maximum absolute atomic E-state index is 5.71. The molecule has 0 saturated carbocycles. The number of aromatic nitrogens is 2. The van der Waals surface area contributed by atoms with E-state index in [9.17, 15) is 0 Å². The summed E-state index contributed by atoms with van der Waals surface area (Å²) >= 11 is 3.48. The lowest BCUT2D eigenvalue weighted by atomic mass is 10.3. The first-order valence-electron chi connectivity index (χ1n) is 8.59. The number of nitrogens with one attached hydrogen (secondary N) is 2. The van der Waals surface area contributed by atoms with Crippen LogP contribution in [0, 0.1) is 0 Å². The topological polar surface area (TPSA) is 62.3 Å². The zero-order chi connectivity index (χ0) is 19.1. The molecule has 2 N–H and O–H groups in total. The molecular formula is C20H22BrN5O. The van der Waals surface area contributed by atoms with E-state index < -0.39 is 0 Å². The molecule has 6 nitrogen and oxygen atoms in total. The monoisotopic (exact) mass is 427 g/mol. The summed E-state index contributed by atoms with van der Waals surface area (Å²) in [6.07, 6.45) is 1.72. The summed E-state index contributed by atoms with van der Waals surface area (Å²) in [7, 11) is 4.05. The van der Waals surface area contributed by atoms with Crippen LogP contribution in [0.5, 0.6) is 5.75 Å². The number of nitrogens with zero attached hydrogens (tertiary/aromatic N) is 3. The molecule has 0 atom stereocenters. The molecule has 0 aliphatic heterocycles. The van der Waals surface area contributed by atoms with E-state index in [1.807, 2.05) is 68.7 Å². The molecule has 0 fully saturated rings. The van der Waals surface area contributed by atoms with Crippen LogP contribution in [0.2, 0.25) is 0 Å². The third-order valence-corrected chi connectivity index (χ3v) is 4.28. The zero-order valence-electron chi connectivity index (χ0n) is 15.3. The van der Waals surface area contributed by atoms with E-state index in [-0.39, 0.29) is 0 Å². The van der Waals surface area contributed by atoms with Crippen LogP contribution in [0.25, 0.3) is 0 Å². The van der Waals surface area contributed by atoms with Gasteiger partial charge in [0, 0.05) is 24.1 Å². The minimum absolute atomic E-state index is 0.512. The Kier molecular flexibility index (Phi) is 6.62. The van der Waals surface area contributed by atoms with Crippen molar-refractivity contribution in [2.45, 2.75) is 0 Å². The van der Waals surface area contributed by atoms with Crippen molar-refractivity contribution in [1.29, 1.82) is 0 Å². The maximum atomic E-state index is 5.71. The van der Waals surface area contributed by atoms with Crippen LogP contribution in [0.15, 0.2) is 65.3 Å². The Morgan fingerprint density at radius 2 is 1.67 bits per heavy atom.